The average molecular weight is 201 g/mol. The van der Waals surface area contributed by atoms with Crippen molar-refractivity contribution in [1.82, 2.24) is 9.97 Å². The lowest BCUT2D eigenvalue weighted by Gasteiger charge is -2.06. The van der Waals surface area contributed by atoms with Crippen molar-refractivity contribution in [2.24, 2.45) is 0 Å². The highest BCUT2D eigenvalue weighted by molar-refractivity contribution is 6.29. The molecule has 0 spiro atoms. The Kier molecular flexibility index (Phi) is 3.63. The van der Waals surface area contributed by atoms with Gasteiger partial charge in [-0.15, -0.1) is 0 Å². The molecule has 0 amide bonds. The standard InChI is InChI=1S/C9H13ClN2O/c1-6(2)7-4-8(10)12-9(11-7)5-13-3/h4,6H,5H2,1-3H3. The van der Waals surface area contributed by atoms with E-state index in [4.69, 9.17) is 16.3 Å². The molecule has 0 radical (unpaired) electrons. The molecule has 1 aromatic heterocycles. The summed E-state index contributed by atoms with van der Waals surface area (Å²) >= 11 is 5.82. The highest BCUT2D eigenvalue weighted by atomic mass is 35.5. The largest absolute Gasteiger partial charge is 0.377 e. The first-order chi connectivity index (χ1) is 6.13. The predicted molar refractivity (Wildman–Crippen MR) is 51.8 cm³/mol. The summed E-state index contributed by atoms with van der Waals surface area (Å²) in [6.07, 6.45) is 0. The molecule has 0 aliphatic rings. The van der Waals surface area contributed by atoms with Gasteiger partial charge in [-0.1, -0.05) is 25.4 Å². The van der Waals surface area contributed by atoms with Crippen molar-refractivity contribution in [3.8, 4) is 0 Å². The van der Waals surface area contributed by atoms with E-state index in [0.29, 0.717) is 23.5 Å². The lowest BCUT2D eigenvalue weighted by atomic mass is 10.1. The molecular formula is C9H13ClN2O. The Bertz CT molecular complexity index is 289. The van der Waals surface area contributed by atoms with Crippen LogP contribution < -0.4 is 0 Å². The molecule has 0 saturated carbocycles. The van der Waals surface area contributed by atoms with Crippen molar-refractivity contribution >= 4 is 11.6 Å². The van der Waals surface area contributed by atoms with E-state index in [1.807, 2.05) is 0 Å². The van der Waals surface area contributed by atoms with Gasteiger partial charge in [-0.3, -0.25) is 0 Å². The van der Waals surface area contributed by atoms with Crippen molar-refractivity contribution < 1.29 is 4.74 Å². The number of rotatable bonds is 3. The summed E-state index contributed by atoms with van der Waals surface area (Å²) in [4.78, 5) is 8.34. The molecule has 4 heteroatoms. The van der Waals surface area contributed by atoms with Gasteiger partial charge in [-0.05, 0) is 12.0 Å². The van der Waals surface area contributed by atoms with Crippen LogP contribution >= 0.6 is 11.6 Å². The number of nitrogens with zero attached hydrogens (tertiary/aromatic N) is 2. The van der Waals surface area contributed by atoms with Crippen molar-refractivity contribution in [2.75, 3.05) is 7.11 Å². The van der Waals surface area contributed by atoms with Crippen LogP contribution in [0.2, 0.25) is 5.15 Å². The van der Waals surface area contributed by atoms with Gasteiger partial charge in [0.2, 0.25) is 0 Å². The predicted octanol–water partition coefficient (Wildman–Crippen LogP) is 2.40. The number of aromatic nitrogens is 2. The molecular weight excluding hydrogens is 188 g/mol. The van der Waals surface area contributed by atoms with Crippen LogP contribution in [0.3, 0.4) is 0 Å². The van der Waals surface area contributed by atoms with E-state index in [1.54, 1.807) is 13.2 Å². The number of hydrogen-bond donors (Lipinski definition) is 0. The monoisotopic (exact) mass is 200 g/mol. The fraction of sp³-hybridized carbons (Fsp3) is 0.556. The first kappa shape index (κ1) is 10.4. The first-order valence-corrected chi connectivity index (χ1v) is 4.53. The van der Waals surface area contributed by atoms with E-state index in [9.17, 15) is 0 Å². The maximum Gasteiger partial charge on any atom is 0.155 e. The van der Waals surface area contributed by atoms with E-state index in [2.05, 4.69) is 23.8 Å². The van der Waals surface area contributed by atoms with Gasteiger partial charge in [0.25, 0.3) is 0 Å². The molecule has 72 valence electrons. The number of halogens is 1. The van der Waals surface area contributed by atoms with Crippen LogP contribution in [0.1, 0.15) is 31.3 Å². The minimum atomic E-state index is 0.358. The molecule has 13 heavy (non-hydrogen) atoms. The summed E-state index contributed by atoms with van der Waals surface area (Å²) in [5.74, 6) is 0.995. The third kappa shape index (κ3) is 2.94. The van der Waals surface area contributed by atoms with Gasteiger partial charge in [0.1, 0.15) is 11.8 Å². The second-order valence-corrected chi connectivity index (χ2v) is 3.51. The Morgan fingerprint density at radius 1 is 1.46 bits per heavy atom. The van der Waals surface area contributed by atoms with Crippen LogP contribution in [0, 0.1) is 0 Å². The molecule has 0 aliphatic heterocycles. The van der Waals surface area contributed by atoms with E-state index < -0.39 is 0 Å². The number of ether oxygens (including phenoxy) is 1. The molecule has 0 aromatic carbocycles. The van der Waals surface area contributed by atoms with Crippen molar-refractivity contribution in [1.29, 1.82) is 0 Å². The van der Waals surface area contributed by atoms with Crippen molar-refractivity contribution in [2.45, 2.75) is 26.4 Å². The van der Waals surface area contributed by atoms with Gasteiger partial charge in [0.15, 0.2) is 5.82 Å². The molecule has 1 aromatic rings. The highest BCUT2D eigenvalue weighted by Crippen LogP contribution is 2.15. The second-order valence-electron chi connectivity index (χ2n) is 3.12. The van der Waals surface area contributed by atoms with E-state index in [1.165, 1.54) is 0 Å². The Hall–Kier alpha value is -0.670. The Morgan fingerprint density at radius 3 is 2.69 bits per heavy atom. The zero-order valence-electron chi connectivity index (χ0n) is 8.04. The summed E-state index contributed by atoms with van der Waals surface area (Å²) in [6, 6.07) is 1.78. The zero-order valence-corrected chi connectivity index (χ0v) is 8.80. The van der Waals surface area contributed by atoms with Gasteiger partial charge >= 0.3 is 0 Å². The third-order valence-corrected chi connectivity index (χ3v) is 1.82. The van der Waals surface area contributed by atoms with Gasteiger partial charge < -0.3 is 4.74 Å². The first-order valence-electron chi connectivity index (χ1n) is 4.15. The minimum Gasteiger partial charge on any atom is -0.377 e. The van der Waals surface area contributed by atoms with Crippen LogP contribution in [0.5, 0.6) is 0 Å². The van der Waals surface area contributed by atoms with Gasteiger partial charge in [-0.25, -0.2) is 9.97 Å². The highest BCUT2D eigenvalue weighted by Gasteiger charge is 2.05. The summed E-state index contributed by atoms with van der Waals surface area (Å²) < 4.78 is 4.93. The number of methoxy groups -OCH3 is 1. The molecule has 3 nitrogen and oxygen atoms in total. The van der Waals surface area contributed by atoms with E-state index >= 15 is 0 Å². The van der Waals surface area contributed by atoms with Gasteiger partial charge in [0, 0.05) is 12.8 Å². The van der Waals surface area contributed by atoms with Gasteiger partial charge in [0.05, 0.1) is 0 Å². The van der Waals surface area contributed by atoms with E-state index in [0.717, 1.165) is 5.69 Å². The third-order valence-electron chi connectivity index (χ3n) is 1.63. The molecule has 0 bridgehead atoms. The van der Waals surface area contributed by atoms with Crippen LogP contribution in [0.4, 0.5) is 0 Å². The molecule has 0 N–H and O–H groups in total. The molecule has 0 aliphatic carbocycles. The zero-order chi connectivity index (χ0) is 9.84. The molecule has 1 rings (SSSR count). The SMILES string of the molecule is COCc1nc(Cl)cc(C(C)C)n1. The Morgan fingerprint density at radius 2 is 2.15 bits per heavy atom. The van der Waals surface area contributed by atoms with Crippen LogP contribution in [0.25, 0.3) is 0 Å². The van der Waals surface area contributed by atoms with Gasteiger partial charge in [-0.2, -0.15) is 0 Å². The maximum atomic E-state index is 5.82. The van der Waals surface area contributed by atoms with Crippen LogP contribution in [-0.4, -0.2) is 17.1 Å². The molecule has 0 unspecified atom stereocenters. The Balaban J connectivity index is 2.96. The number of hydrogen-bond acceptors (Lipinski definition) is 3. The minimum absolute atomic E-state index is 0.358. The summed E-state index contributed by atoms with van der Waals surface area (Å²) in [7, 11) is 1.61. The molecule has 1 heterocycles. The second kappa shape index (κ2) is 4.53. The fourth-order valence-electron chi connectivity index (χ4n) is 0.973. The lowest BCUT2D eigenvalue weighted by molar-refractivity contribution is 0.177. The van der Waals surface area contributed by atoms with Crippen LogP contribution in [-0.2, 0) is 11.3 Å². The fourth-order valence-corrected chi connectivity index (χ4v) is 1.18. The maximum absolute atomic E-state index is 5.82. The molecule has 0 saturated heterocycles. The Labute approximate surface area is 83.1 Å². The summed E-state index contributed by atoms with van der Waals surface area (Å²) in [5, 5.41) is 0.478. The van der Waals surface area contributed by atoms with Crippen LogP contribution in [0.15, 0.2) is 6.07 Å². The van der Waals surface area contributed by atoms with Crippen molar-refractivity contribution in [3.63, 3.8) is 0 Å². The molecule has 0 fully saturated rings. The van der Waals surface area contributed by atoms with E-state index in [-0.39, 0.29) is 0 Å². The summed E-state index contributed by atoms with van der Waals surface area (Å²) in [6.45, 7) is 4.53. The lowest BCUT2D eigenvalue weighted by Crippen LogP contribution is -2.02. The van der Waals surface area contributed by atoms with Crippen molar-refractivity contribution in [3.05, 3.63) is 22.7 Å². The quantitative estimate of drug-likeness (QED) is 0.703. The normalized spacial score (nSPS) is 10.8. The summed E-state index contributed by atoms with van der Waals surface area (Å²) in [5.41, 5.74) is 0.951. The molecule has 0 atom stereocenters. The smallest absolute Gasteiger partial charge is 0.155 e. The topological polar surface area (TPSA) is 35.0 Å². The average Bonchev–Trinajstić information content (AvgIpc) is 2.03.